The highest BCUT2D eigenvalue weighted by atomic mass is 16.3. The molecule has 3 atom stereocenters. The van der Waals surface area contributed by atoms with Gasteiger partial charge in [-0.05, 0) is 45.2 Å². The molecule has 1 saturated carbocycles. The second-order valence-corrected chi connectivity index (χ2v) is 4.08. The summed E-state index contributed by atoms with van der Waals surface area (Å²) in [5.74, 6) is 0.916. The Morgan fingerprint density at radius 2 is 2.09 bits per heavy atom. The predicted octanol–water partition coefficient (Wildman–Crippen LogP) is 0.851. The lowest BCUT2D eigenvalue weighted by molar-refractivity contribution is -0.0150. The van der Waals surface area contributed by atoms with E-state index in [4.69, 9.17) is 0 Å². The quantitative estimate of drug-likeness (QED) is 0.560. The minimum Gasteiger partial charge on any atom is -0.391 e. The van der Waals surface area contributed by atoms with E-state index in [0.717, 1.165) is 12.3 Å². The molecule has 0 aromatic heterocycles. The fourth-order valence-electron chi connectivity index (χ4n) is 2.50. The van der Waals surface area contributed by atoms with E-state index < -0.39 is 0 Å². The molecule has 2 rings (SSSR count). The summed E-state index contributed by atoms with van der Waals surface area (Å²) in [6.07, 6.45) is 4.82. The van der Waals surface area contributed by atoms with Gasteiger partial charge in [-0.25, -0.2) is 0 Å². The number of hydrogen-bond acceptors (Lipinski definition) is 2. The average Bonchev–Trinajstić information content (AvgIpc) is 2.02. The third kappa shape index (κ3) is 1.30. The van der Waals surface area contributed by atoms with E-state index in [1.807, 2.05) is 0 Å². The fraction of sp³-hybridized carbons (Fsp3) is 1.00. The van der Waals surface area contributed by atoms with Gasteiger partial charge < -0.3 is 10.0 Å². The average molecular weight is 155 g/mol. The van der Waals surface area contributed by atoms with Crippen LogP contribution in [-0.2, 0) is 0 Å². The van der Waals surface area contributed by atoms with Crippen LogP contribution in [-0.4, -0.2) is 35.7 Å². The van der Waals surface area contributed by atoms with E-state index in [-0.39, 0.29) is 6.10 Å². The summed E-state index contributed by atoms with van der Waals surface area (Å²) in [5, 5.41) is 9.65. The monoisotopic (exact) mass is 155 g/mol. The topological polar surface area (TPSA) is 23.5 Å². The summed E-state index contributed by atoms with van der Waals surface area (Å²) in [6.45, 7) is 1.19. The standard InChI is InChI=1S/C9H17NO/c1-10-5-4-7-2-3-9(11)8(10)6-7/h7-9,11H,2-6H2,1H3. The van der Waals surface area contributed by atoms with E-state index in [0.29, 0.717) is 6.04 Å². The number of likely N-dealkylation sites (tertiary alicyclic amines) is 1. The van der Waals surface area contributed by atoms with Gasteiger partial charge in [0.2, 0.25) is 0 Å². The van der Waals surface area contributed by atoms with Crippen LogP contribution in [0.15, 0.2) is 0 Å². The van der Waals surface area contributed by atoms with Gasteiger partial charge in [-0.3, -0.25) is 0 Å². The zero-order valence-corrected chi connectivity index (χ0v) is 7.16. The summed E-state index contributed by atoms with van der Waals surface area (Å²) in [4.78, 5) is 2.32. The van der Waals surface area contributed by atoms with Crippen LogP contribution >= 0.6 is 0 Å². The van der Waals surface area contributed by atoms with Gasteiger partial charge in [-0.15, -0.1) is 0 Å². The molecule has 2 bridgehead atoms. The Labute approximate surface area is 68.2 Å². The Morgan fingerprint density at radius 3 is 2.82 bits per heavy atom. The second kappa shape index (κ2) is 2.76. The van der Waals surface area contributed by atoms with Crippen LogP contribution in [0, 0.1) is 5.92 Å². The first-order valence-corrected chi connectivity index (χ1v) is 4.65. The van der Waals surface area contributed by atoms with Crippen molar-refractivity contribution in [3.05, 3.63) is 0 Å². The van der Waals surface area contributed by atoms with E-state index in [2.05, 4.69) is 11.9 Å². The Hall–Kier alpha value is -0.0800. The molecule has 3 unspecified atom stereocenters. The number of aliphatic hydroxyl groups excluding tert-OH is 1. The van der Waals surface area contributed by atoms with Crippen molar-refractivity contribution in [2.45, 2.75) is 37.8 Å². The van der Waals surface area contributed by atoms with Gasteiger partial charge in [0, 0.05) is 6.04 Å². The number of aliphatic hydroxyl groups is 1. The zero-order chi connectivity index (χ0) is 7.84. The molecular formula is C9H17NO. The molecule has 2 nitrogen and oxygen atoms in total. The van der Waals surface area contributed by atoms with Crippen molar-refractivity contribution in [3.63, 3.8) is 0 Å². The Balaban J connectivity index is 2.05. The number of likely N-dealkylation sites (N-methyl/N-ethyl adjacent to an activating group) is 1. The van der Waals surface area contributed by atoms with E-state index >= 15 is 0 Å². The van der Waals surface area contributed by atoms with Crippen LogP contribution < -0.4 is 0 Å². The summed E-state index contributed by atoms with van der Waals surface area (Å²) in [7, 11) is 2.13. The lowest BCUT2D eigenvalue weighted by atomic mass is 9.78. The highest BCUT2D eigenvalue weighted by molar-refractivity contribution is 4.89. The number of rotatable bonds is 0. The molecule has 1 aliphatic carbocycles. The maximum Gasteiger partial charge on any atom is 0.0695 e. The van der Waals surface area contributed by atoms with Crippen molar-refractivity contribution in [1.82, 2.24) is 4.90 Å². The summed E-state index contributed by atoms with van der Waals surface area (Å²) >= 11 is 0. The predicted molar refractivity (Wildman–Crippen MR) is 44.4 cm³/mol. The second-order valence-electron chi connectivity index (χ2n) is 4.08. The van der Waals surface area contributed by atoms with Crippen LogP contribution in [0.4, 0.5) is 0 Å². The third-order valence-electron chi connectivity index (χ3n) is 3.35. The Morgan fingerprint density at radius 1 is 1.27 bits per heavy atom. The van der Waals surface area contributed by atoms with Gasteiger partial charge >= 0.3 is 0 Å². The van der Waals surface area contributed by atoms with Gasteiger partial charge in [-0.2, -0.15) is 0 Å². The molecule has 2 heteroatoms. The lowest BCUT2D eigenvalue weighted by Crippen LogP contribution is -2.49. The van der Waals surface area contributed by atoms with Crippen LogP contribution in [0.3, 0.4) is 0 Å². The van der Waals surface area contributed by atoms with E-state index in [1.54, 1.807) is 0 Å². The first kappa shape index (κ1) is 7.56. The minimum absolute atomic E-state index is 0.0449. The third-order valence-corrected chi connectivity index (χ3v) is 3.35. The maximum atomic E-state index is 9.65. The fourth-order valence-corrected chi connectivity index (χ4v) is 2.50. The highest BCUT2D eigenvalue weighted by Gasteiger charge is 2.35. The Kier molecular flexibility index (Phi) is 1.90. The van der Waals surface area contributed by atoms with Gasteiger partial charge in [0.05, 0.1) is 6.10 Å². The van der Waals surface area contributed by atoms with Crippen molar-refractivity contribution in [2.24, 2.45) is 5.92 Å². The van der Waals surface area contributed by atoms with Crippen molar-refractivity contribution < 1.29 is 5.11 Å². The molecule has 0 spiro atoms. The van der Waals surface area contributed by atoms with Crippen LogP contribution in [0.1, 0.15) is 25.7 Å². The number of hydrogen-bond donors (Lipinski definition) is 1. The molecule has 2 fully saturated rings. The maximum absolute atomic E-state index is 9.65. The molecule has 1 aliphatic heterocycles. The van der Waals surface area contributed by atoms with Crippen LogP contribution in [0.25, 0.3) is 0 Å². The Bertz CT molecular complexity index is 134. The SMILES string of the molecule is CN1CCC2CCC(O)C1C2. The molecule has 1 saturated heterocycles. The molecule has 0 aromatic carbocycles. The molecule has 1 N–H and O–H groups in total. The minimum atomic E-state index is -0.0449. The van der Waals surface area contributed by atoms with E-state index in [1.165, 1.54) is 25.8 Å². The first-order valence-electron chi connectivity index (χ1n) is 4.65. The van der Waals surface area contributed by atoms with Gasteiger partial charge in [-0.1, -0.05) is 0 Å². The molecule has 64 valence electrons. The van der Waals surface area contributed by atoms with Gasteiger partial charge in [0.15, 0.2) is 0 Å². The zero-order valence-electron chi connectivity index (χ0n) is 7.16. The molecule has 2 aliphatic rings. The van der Waals surface area contributed by atoms with Crippen molar-refractivity contribution in [1.29, 1.82) is 0 Å². The summed E-state index contributed by atoms with van der Waals surface area (Å²) in [6, 6.07) is 0.475. The normalized spacial score (nSPS) is 45.8. The first-order chi connectivity index (χ1) is 5.27. The molecule has 11 heavy (non-hydrogen) atoms. The van der Waals surface area contributed by atoms with E-state index in [9.17, 15) is 5.11 Å². The molecule has 0 radical (unpaired) electrons. The summed E-state index contributed by atoms with van der Waals surface area (Å²) in [5.41, 5.74) is 0. The van der Waals surface area contributed by atoms with Crippen molar-refractivity contribution in [3.8, 4) is 0 Å². The summed E-state index contributed by atoms with van der Waals surface area (Å²) < 4.78 is 0. The van der Waals surface area contributed by atoms with Crippen molar-refractivity contribution in [2.75, 3.05) is 13.6 Å². The highest BCUT2D eigenvalue weighted by Crippen LogP contribution is 2.33. The number of piperidine rings is 1. The van der Waals surface area contributed by atoms with Crippen LogP contribution in [0.2, 0.25) is 0 Å². The molecule has 1 heterocycles. The lowest BCUT2D eigenvalue weighted by Gasteiger charge is -2.43. The smallest absolute Gasteiger partial charge is 0.0695 e. The number of nitrogens with zero attached hydrogens (tertiary/aromatic N) is 1. The van der Waals surface area contributed by atoms with Gasteiger partial charge in [0.25, 0.3) is 0 Å². The van der Waals surface area contributed by atoms with Crippen LogP contribution in [0.5, 0.6) is 0 Å². The van der Waals surface area contributed by atoms with Gasteiger partial charge in [0.1, 0.15) is 0 Å². The van der Waals surface area contributed by atoms with Crippen molar-refractivity contribution >= 4 is 0 Å². The molecule has 0 amide bonds. The molecule has 0 aromatic rings. The largest absolute Gasteiger partial charge is 0.391 e. The number of fused-ring (bicyclic) bond motifs is 2. The molecular weight excluding hydrogens is 138 g/mol.